The minimum absolute atomic E-state index is 0.955. The predicted octanol–water partition coefficient (Wildman–Crippen LogP) is 3.77. The number of halogens is 6. The molecule has 0 aliphatic heterocycles. The second-order valence-electron chi connectivity index (χ2n) is 4.78. The van der Waals surface area contributed by atoms with Gasteiger partial charge in [-0.05, 0) is 11.8 Å². The van der Waals surface area contributed by atoms with Crippen molar-refractivity contribution in [2.45, 2.75) is 45.6 Å². The van der Waals surface area contributed by atoms with E-state index in [1.807, 2.05) is 0 Å². The maximum atomic E-state index is 12.6. The van der Waals surface area contributed by atoms with Crippen molar-refractivity contribution in [1.82, 2.24) is 0 Å². The average Bonchev–Trinajstić information content (AvgIpc) is 1.97. The first-order chi connectivity index (χ1) is 7.26. The highest BCUT2D eigenvalue weighted by atomic mass is 19.4. The Kier molecular flexibility index (Phi) is 4.54. The van der Waals surface area contributed by atoms with E-state index in [1.54, 1.807) is 0 Å². The first kappa shape index (κ1) is 16.5. The van der Waals surface area contributed by atoms with Gasteiger partial charge in [-0.1, -0.05) is 27.7 Å². The molecule has 0 bridgehead atoms. The fourth-order valence-corrected chi connectivity index (χ4v) is 2.27. The normalized spacial score (nSPS) is 15.2. The van der Waals surface area contributed by atoms with Crippen molar-refractivity contribution in [2.75, 3.05) is 0 Å². The molecule has 0 rings (SSSR count). The Bertz CT molecular complexity index is 231. The van der Waals surface area contributed by atoms with Crippen LogP contribution in [0.1, 0.15) is 27.7 Å². The molecule has 0 fully saturated rings. The Morgan fingerprint density at radius 3 is 1.00 bits per heavy atom. The second kappa shape index (κ2) is 4.66. The van der Waals surface area contributed by atoms with Crippen LogP contribution >= 0.6 is 0 Å². The van der Waals surface area contributed by atoms with Gasteiger partial charge in [0, 0.05) is 5.92 Å². The molecule has 0 aromatic rings. The van der Waals surface area contributed by atoms with Gasteiger partial charge in [-0.25, -0.2) is 0 Å². The van der Waals surface area contributed by atoms with Crippen molar-refractivity contribution in [1.29, 1.82) is 0 Å². The summed E-state index contributed by atoms with van der Waals surface area (Å²) < 4.78 is 75.6. The van der Waals surface area contributed by atoms with Gasteiger partial charge < -0.3 is 5.11 Å². The molecule has 0 aromatic heterocycles. The quantitative estimate of drug-likeness (QED) is 0.771. The summed E-state index contributed by atoms with van der Waals surface area (Å²) in [6.45, 7) is 4.92. The summed E-state index contributed by atoms with van der Waals surface area (Å²) in [7, 11) is 0. The Morgan fingerprint density at radius 1 is 0.706 bits per heavy atom. The van der Waals surface area contributed by atoms with Crippen LogP contribution in [0.25, 0.3) is 0 Å². The van der Waals surface area contributed by atoms with Gasteiger partial charge in [0.15, 0.2) is 0 Å². The minimum Gasteiger partial charge on any atom is -0.373 e. The lowest BCUT2D eigenvalue weighted by atomic mass is 9.72. The molecule has 1 nitrogen and oxygen atoms in total. The molecule has 0 atom stereocenters. The molecule has 0 aliphatic rings. The molecule has 0 radical (unpaired) electrons. The van der Waals surface area contributed by atoms with Crippen LogP contribution in [0.15, 0.2) is 0 Å². The highest BCUT2D eigenvalue weighted by Crippen LogP contribution is 2.51. The van der Waals surface area contributed by atoms with Gasteiger partial charge in [0.2, 0.25) is 0 Å². The summed E-state index contributed by atoms with van der Waals surface area (Å²) >= 11 is 0. The molecule has 0 heterocycles. The predicted molar refractivity (Wildman–Crippen MR) is 50.2 cm³/mol. The number of alkyl halides is 6. The molecule has 0 aromatic carbocycles. The van der Waals surface area contributed by atoms with Gasteiger partial charge in [0.05, 0.1) is 0 Å². The number of hydrogen-bond acceptors (Lipinski definition) is 1. The van der Waals surface area contributed by atoms with E-state index >= 15 is 0 Å². The number of hydrogen-bond donors (Lipinski definition) is 1. The zero-order valence-electron chi connectivity index (χ0n) is 9.95. The van der Waals surface area contributed by atoms with Crippen LogP contribution in [-0.2, 0) is 0 Å². The molecule has 0 spiro atoms. The van der Waals surface area contributed by atoms with E-state index in [-0.39, 0.29) is 0 Å². The van der Waals surface area contributed by atoms with Crippen LogP contribution < -0.4 is 0 Å². The van der Waals surface area contributed by atoms with E-state index < -0.39 is 35.7 Å². The summed E-state index contributed by atoms with van der Waals surface area (Å²) in [5.41, 5.74) is -4.66. The van der Waals surface area contributed by atoms with Gasteiger partial charge in [-0.2, -0.15) is 26.3 Å². The Morgan fingerprint density at radius 2 is 0.941 bits per heavy atom. The molecule has 7 heteroatoms. The highest BCUT2D eigenvalue weighted by molar-refractivity contribution is 5.01. The number of rotatable bonds is 3. The maximum Gasteiger partial charge on any atom is 0.426 e. The zero-order chi connectivity index (χ0) is 14.2. The number of aliphatic hydroxyl groups is 1. The smallest absolute Gasteiger partial charge is 0.373 e. The van der Waals surface area contributed by atoms with Gasteiger partial charge in [-0.3, -0.25) is 0 Å². The molecule has 104 valence electrons. The standard InChI is InChI=1S/C10H16F6O/c1-5(2)7(6(3)4)8(17,9(11,12)13)10(14,15)16/h5-7,17H,1-4H3. The van der Waals surface area contributed by atoms with Gasteiger partial charge in [0.1, 0.15) is 0 Å². The zero-order valence-corrected chi connectivity index (χ0v) is 9.95. The summed E-state index contributed by atoms with van der Waals surface area (Å²) in [5, 5.41) is 9.23. The van der Waals surface area contributed by atoms with Crippen molar-refractivity contribution in [2.24, 2.45) is 17.8 Å². The second-order valence-corrected chi connectivity index (χ2v) is 4.78. The lowest BCUT2D eigenvalue weighted by molar-refractivity contribution is -0.392. The molecular formula is C10H16F6O. The van der Waals surface area contributed by atoms with Gasteiger partial charge >= 0.3 is 12.4 Å². The van der Waals surface area contributed by atoms with E-state index in [2.05, 4.69) is 0 Å². The van der Waals surface area contributed by atoms with Crippen molar-refractivity contribution in [3.8, 4) is 0 Å². The van der Waals surface area contributed by atoms with Crippen molar-refractivity contribution in [3.63, 3.8) is 0 Å². The van der Waals surface area contributed by atoms with E-state index in [9.17, 15) is 31.4 Å². The fourth-order valence-electron chi connectivity index (χ4n) is 2.27. The van der Waals surface area contributed by atoms with Gasteiger partial charge in [-0.15, -0.1) is 0 Å². The van der Waals surface area contributed by atoms with Crippen molar-refractivity contribution in [3.05, 3.63) is 0 Å². The SMILES string of the molecule is CC(C)C(C(C)C)C(O)(C(F)(F)F)C(F)(F)F. The van der Waals surface area contributed by atoms with Crippen LogP contribution in [0, 0.1) is 17.8 Å². The van der Waals surface area contributed by atoms with Crippen LogP contribution in [0.3, 0.4) is 0 Å². The molecule has 0 unspecified atom stereocenters. The van der Waals surface area contributed by atoms with Crippen molar-refractivity contribution < 1.29 is 31.4 Å². The first-order valence-corrected chi connectivity index (χ1v) is 5.12. The third-order valence-electron chi connectivity index (χ3n) is 2.78. The molecule has 0 saturated carbocycles. The Labute approximate surface area is 95.8 Å². The van der Waals surface area contributed by atoms with Gasteiger partial charge in [0.25, 0.3) is 5.60 Å². The summed E-state index contributed by atoms with van der Waals surface area (Å²) in [5.74, 6) is -3.85. The minimum atomic E-state index is -5.75. The van der Waals surface area contributed by atoms with E-state index in [0.29, 0.717) is 0 Å². The monoisotopic (exact) mass is 266 g/mol. The third kappa shape index (κ3) is 2.86. The van der Waals surface area contributed by atoms with Crippen LogP contribution in [0.5, 0.6) is 0 Å². The fraction of sp³-hybridized carbons (Fsp3) is 1.00. The van der Waals surface area contributed by atoms with Crippen LogP contribution in [-0.4, -0.2) is 23.1 Å². The molecule has 0 aliphatic carbocycles. The first-order valence-electron chi connectivity index (χ1n) is 5.12. The highest BCUT2D eigenvalue weighted by Gasteiger charge is 2.74. The van der Waals surface area contributed by atoms with E-state index in [1.165, 1.54) is 27.7 Å². The van der Waals surface area contributed by atoms with E-state index in [4.69, 9.17) is 0 Å². The van der Waals surface area contributed by atoms with Crippen LogP contribution in [0.4, 0.5) is 26.3 Å². The third-order valence-corrected chi connectivity index (χ3v) is 2.78. The Hall–Kier alpha value is -0.460. The summed E-state index contributed by atoms with van der Waals surface area (Å²) in [4.78, 5) is 0. The van der Waals surface area contributed by atoms with Crippen molar-refractivity contribution >= 4 is 0 Å². The molecule has 17 heavy (non-hydrogen) atoms. The topological polar surface area (TPSA) is 20.2 Å². The molecular weight excluding hydrogens is 250 g/mol. The lowest BCUT2D eigenvalue weighted by Crippen LogP contribution is -2.64. The van der Waals surface area contributed by atoms with Crippen LogP contribution in [0.2, 0.25) is 0 Å². The average molecular weight is 266 g/mol. The Balaban J connectivity index is 5.78. The lowest BCUT2D eigenvalue weighted by Gasteiger charge is -2.42. The summed E-state index contributed by atoms with van der Waals surface area (Å²) in [6.07, 6.45) is -11.5. The molecule has 0 saturated heterocycles. The largest absolute Gasteiger partial charge is 0.426 e. The molecule has 0 amide bonds. The molecule has 1 N–H and O–H groups in total. The maximum absolute atomic E-state index is 12.6. The summed E-state index contributed by atoms with van der Waals surface area (Å²) in [6, 6.07) is 0. The van der Waals surface area contributed by atoms with E-state index in [0.717, 1.165) is 0 Å².